The molecule has 2 aromatic carbocycles. The number of anilines is 1. The number of para-hydroxylation sites is 1. The van der Waals surface area contributed by atoms with Gasteiger partial charge in [0, 0.05) is 31.4 Å². The molecule has 46 heavy (non-hydrogen) atoms. The van der Waals surface area contributed by atoms with E-state index in [2.05, 4.69) is 28.5 Å². The molecular weight excluding hydrogens is 584 g/mol. The van der Waals surface area contributed by atoms with Gasteiger partial charge < -0.3 is 4.90 Å². The maximum atomic E-state index is 14.0. The van der Waals surface area contributed by atoms with E-state index in [9.17, 15) is 19.2 Å². The fraction of sp³-hybridized carbons (Fsp3) is 0.324. The lowest BCUT2D eigenvalue weighted by Gasteiger charge is -2.37. The van der Waals surface area contributed by atoms with E-state index >= 15 is 0 Å². The molecule has 1 saturated heterocycles. The molecule has 0 spiro atoms. The van der Waals surface area contributed by atoms with E-state index in [1.807, 2.05) is 36.1 Å². The standard InChI is InChI=1S/C34H34N8O4/c1-5-6-19-40-28-29(38(4)34(46)41(32(28)45)20-17-36-22(2)24-13-9-10-16-27(24)35-3)37-33(40)39-18-11-12-23(21-39)42-30(43)25-14-7-8-15-26(25)31(42)44/h7-10,13-16,23H,3,11-12,17-21H2,1-2,4H3/b36-22-. The largest absolute Gasteiger partial charge is 0.340 e. The van der Waals surface area contributed by atoms with Gasteiger partial charge in [-0.3, -0.25) is 43.0 Å². The minimum Gasteiger partial charge on any atom is -0.340 e. The molecule has 0 bridgehead atoms. The highest BCUT2D eigenvalue weighted by Gasteiger charge is 2.41. The molecule has 4 aromatic rings. The molecule has 1 atom stereocenters. The number of amides is 2. The lowest BCUT2D eigenvalue weighted by Crippen LogP contribution is -2.50. The number of carbonyl (C=O) groups excluding carboxylic acids is 2. The Labute approximate surface area is 265 Å². The van der Waals surface area contributed by atoms with E-state index in [0.29, 0.717) is 48.7 Å². The van der Waals surface area contributed by atoms with Crippen LogP contribution < -0.4 is 16.1 Å². The lowest BCUT2D eigenvalue weighted by molar-refractivity contribution is 0.0569. The number of aromatic nitrogens is 4. The fourth-order valence-electron chi connectivity index (χ4n) is 6.31. The summed E-state index contributed by atoms with van der Waals surface area (Å²) in [5.74, 6) is 5.79. The van der Waals surface area contributed by atoms with Gasteiger partial charge in [-0.1, -0.05) is 36.3 Å². The first-order chi connectivity index (χ1) is 22.3. The second-order valence-electron chi connectivity index (χ2n) is 11.3. The number of imide groups is 1. The highest BCUT2D eigenvalue weighted by atomic mass is 16.2. The number of imidazole rings is 1. The predicted molar refractivity (Wildman–Crippen MR) is 178 cm³/mol. The van der Waals surface area contributed by atoms with E-state index in [-0.39, 0.29) is 48.7 Å². The number of benzene rings is 2. The molecule has 2 aliphatic heterocycles. The number of aryl methyl sites for hydroxylation is 1. The van der Waals surface area contributed by atoms with Crippen LogP contribution in [0.4, 0.5) is 11.6 Å². The number of carbonyl (C=O) groups is 2. The molecule has 1 unspecified atom stereocenters. The van der Waals surface area contributed by atoms with Gasteiger partial charge in [0.05, 0.1) is 42.5 Å². The molecule has 4 heterocycles. The molecule has 0 aliphatic carbocycles. The summed E-state index contributed by atoms with van der Waals surface area (Å²) in [4.78, 5) is 70.7. The summed E-state index contributed by atoms with van der Waals surface area (Å²) in [6.07, 6.45) is 1.35. The Morgan fingerprint density at radius 3 is 2.41 bits per heavy atom. The van der Waals surface area contributed by atoms with Crippen molar-refractivity contribution in [2.75, 3.05) is 24.5 Å². The number of aliphatic imine (C=N–C) groups is 2. The second kappa shape index (κ2) is 12.4. The monoisotopic (exact) mass is 618 g/mol. The van der Waals surface area contributed by atoms with Crippen molar-refractivity contribution in [3.05, 3.63) is 86.1 Å². The molecule has 12 heteroatoms. The van der Waals surface area contributed by atoms with Gasteiger partial charge in [-0.15, -0.1) is 5.92 Å². The molecule has 6 rings (SSSR count). The molecule has 0 saturated carbocycles. The predicted octanol–water partition coefficient (Wildman–Crippen LogP) is 3.03. The summed E-state index contributed by atoms with van der Waals surface area (Å²) in [6, 6.07) is 14.0. The number of nitrogens with zero attached hydrogens (tertiary/aromatic N) is 8. The van der Waals surface area contributed by atoms with Crippen molar-refractivity contribution in [1.82, 2.24) is 23.6 Å². The molecule has 2 aliphatic rings. The topological polar surface area (TPSA) is 127 Å². The van der Waals surface area contributed by atoms with Crippen molar-refractivity contribution in [2.45, 2.75) is 45.8 Å². The fourth-order valence-corrected chi connectivity index (χ4v) is 6.31. The van der Waals surface area contributed by atoms with E-state index < -0.39 is 11.2 Å². The Hall–Kier alpha value is -5.57. The highest BCUT2D eigenvalue weighted by molar-refractivity contribution is 6.21. The Morgan fingerprint density at radius 2 is 1.72 bits per heavy atom. The second-order valence-corrected chi connectivity index (χ2v) is 11.3. The van der Waals surface area contributed by atoms with Gasteiger partial charge in [0.1, 0.15) is 0 Å². The minimum atomic E-state index is -0.501. The van der Waals surface area contributed by atoms with Crippen molar-refractivity contribution in [3.8, 4) is 11.8 Å². The minimum absolute atomic E-state index is 0.0635. The van der Waals surface area contributed by atoms with Crippen LogP contribution in [0.25, 0.3) is 11.2 Å². The van der Waals surface area contributed by atoms with Crippen molar-refractivity contribution in [1.29, 1.82) is 0 Å². The SMILES string of the molecule is C=Nc1ccccc1/C(C)=N\CCn1c(=O)c2c(nc(N3CCCC(N4C(=O)c5ccccc5C4=O)C3)n2CC#CC)n(C)c1=O. The first kappa shape index (κ1) is 30.5. The molecule has 0 N–H and O–H groups in total. The van der Waals surface area contributed by atoms with Crippen LogP contribution in [0.1, 0.15) is 53.0 Å². The zero-order chi connectivity index (χ0) is 32.5. The quantitative estimate of drug-likeness (QED) is 0.170. The molecule has 0 radical (unpaired) electrons. The average Bonchev–Trinajstić information content (AvgIpc) is 3.59. The summed E-state index contributed by atoms with van der Waals surface area (Å²) in [6.45, 7) is 8.56. The number of hydrogen-bond donors (Lipinski definition) is 0. The van der Waals surface area contributed by atoms with Crippen molar-refractivity contribution in [3.63, 3.8) is 0 Å². The van der Waals surface area contributed by atoms with Gasteiger partial charge in [-0.25, -0.2) is 4.79 Å². The molecule has 2 amide bonds. The third kappa shape index (κ3) is 5.13. The van der Waals surface area contributed by atoms with Gasteiger partial charge in [-0.05, 0) is 51.6 Å². The highest BCUT2D eigenvalue weighted by Crippen LogP contribution is 2.30. The van der Waals surface area contributed by atoms with Crippen LogP contribution in [-0.4, -0.2) is 73.5 Å². The van der Waals surface area contributed by atoms with Crippen LogP contribution in [0.15, 0.2) is 68.1 Å². The Kier molecular flexibility index (Phi) is 8.23. The van der Waals surface area contributed by atoms with E-state index in [0.717, 1.165) is 11.3 Å². The van der Waals surface area contributed by atoms with Crippen LogP contribution in [-0.2, 0) is 20.1 Å². The van der Waals surface area contributed by atoms with E-state index in [1.165, 1.54) is 14.0 Å². The van der Waals surface area contributed by atoms with Gasteiger partial charge in [0.25, 0.3) is 17.4 Å². The van der Waals surface area contributed by atoms with Crippen LogP contribution in [0.3, 0.4) is 0 Å². The van der Waals surface area contributed by atoms with E-state index in [4.69, 9.17) is 4.98 Å². The molecule has 1 fully saturated rings. The summed E-state index contributed by atoms with van der Waals surface area (Å²) in [5, 5.41) is 0. The van der Waals surface area contributed by atoms with E-state index in [1.54, 1.807) is 42.8 Å². The van der Waals surface area contributed by atoms with Crippen molar-refractivity contribution < 1.29 is 9.59 Å². The molecule has 12 nitrogen and oxygen atoms in total. The Morgan fingerprint density at radius 1 is 1.02 bits per heavy atom. The third-order valence-electron chi connectivity index (χ3n) is 8.63. The van der Waals surface area contributed by atoms with Gasteiger partial charge in [0.2, 0.25) is 5.95 Å². The first-order valence-corrected chi connectivity index (χ1v) is 15.2. The smallest absolute Gasteiger partial charge is 0.332 e. The third-order valence-corrected chi connectivity index (χ3v) is 8.63. The first-order valence-electron chi connectivity index (χ1n) is 15.2. The Bertz CT molecular complexity index is 2070. The zero-order valence-electron chi connectivity index (χ0n) is 26.1. The molecular formula is C34H34N8O4. The number of piperidine rings is 1. The Balaban J connectivity index is 1.34. The van der Waals surface area contributed by atoms with Crippen LogP contribution in [0.5, 0.6) is 0 Å². The molecule has 2 aromatic heterocycles. The average molecular weight is 619 g/mol. The van der Waals surface area contributed by atoms with Crippen LogP contribution >= 0.6 is 0 Å². The molecule has 234 valence electrons. The number of rotatable bonds is 8. The van der Waals surface area contributed by atoms with Gasteiger partial charge in [-0.2, -0.15) is 4.98 Å². The zero-order valence-corrected chi connectivity index (χ0v) is 26.1. The van der Waals surface area contributed by atoms with Crippen molar-refractivity contribution in [2.24, 2.45) is 17.0 Å². The van der Waals surface area contributed by atoms with Crippen LogP contribution in [0, 0.1) is 11.8 Å². The maximum absolute atomic E-state index is 14.0. The van der Waals surface area contributed by atoms with Crippen LogP contribution in [0.2, 0.25) is 0 Å². The van der Waals surface area contributed by atoms with Crippen molar-refractivity contribution >= 4 is 47.0 Å². The van der Waals surface area contributed by atoms with Gasteiger partial charge >= 0.3 is 5.69 Å². The summed E-state index contributed by atoms with van der Waals surface area (Å²) >= 11 is 0. The summed E-state index contributed by atoms with van der Waals surface area (Å²) in [7, 11) is 1.59. The summed E-state index contributed by atoms with van der Waals surface area (Å²) < 4.78 is 4.28. The number of fused-ring (bicyclic) bond motifs is 2. The summed E-state index contributed by atoms with van der Waals surface area (Å²) in [5.41, 5.74) is 2.58. The normalized spacial score (nSPS) is 16.5. The lowest BCUT2D eigenvalue weighted by atomic mass is 10.0. The maximum Gasteiger partial charge on any atom is 0.332 e. The van der Waals surface area contributed by atoms with Gasteiger partial charge in [0.15, 0.2) is 11.2 Å². The number of hydrogen-bond acceptors (Lipinski definition) is 8.